The standard InChI is InChI=1S/C19H22N2OS/c1-13-3-2-4-15(11-13)20-18(22)12-21-9-7-17-16(8-10-23-17)19(21)14-5-6-14/h2-4,8,10-11,14,19H,5-7,9,12H2,1H3,(H,20,22)/t19-/m0/s1. The van der Waals surface area contributed by atoms with Crippen LogP contribution in [-0.4, -0.2) is 23.9 Å². The molecule has 1 saturated carbocycles. The van der Waals surface area contributed by atoms with Crippen molar-refractivity contribution in [2.75, 3.05) is 18.4 Å². The van der Waals surface area contributed by atoms with Crippen molar-refractivity contribution in [3.05, 3.63) is 51.7 Å². The number of nitrogens with zero attached hydrogens (tertiary/aromatic N) is 1. The van der Waals surface area contributed by atoms with Crippen molar-refractivity contribution in [3.8, 4) is 0 Å². The highest BCUT2D eigenvalue weighted by Crippen LogP contribution is 2.48. The van der Waals surface area contributed by atoms with Crippen LogP contribution in [-0.2, 0) is 11.2 Å². The number of carbonyl (C=O) groups is 1. The van der Waals surface area contributed by atoms with Crippen LogP contribution < -0.4 is 5.32 Å². The van der Waals surface area contributed by atoms with Crippen LogP contribution >= 0.6 is 11.3 Å². The van der Waals surface area contributed by atoms with E-state index in [0.717, 1.165) is 24.6 Å². The minimum absolute atomic E-state index is 0.0972. The molecular weight excluding hydrogens is 304 g/mol. The number of carbonyl (C=O) groups excluding carboxylic acids is 1. The van der Waals surface area contributed by atoms with E-state index in [1.165, 1.54) is 28.8 Å². The Kier molecular flexibility index (Phi) is 3.95. The second-order valence-electron chi connectivity index (χ2n) is 6.72. The molecule has 1 fully saturated rings. The van der Waals surface area contributed by atoms with E-state index >= 15 is 0 Å². The summed E-state index contributed by atoms with van der Waals surface area (Å²) < 4.78 is 0. The number of amides is 1. The van der Waals surface area contributed by atoms with E-state index in [-0.39, 0.29) is 5.91 Å². The number of rotatable bonds is 4. The maximum atomic E-state index is 12.5. The summed E-state index contributed by atoms with van der Waals surface area (Å²) in [6.07, 6.45) is 3.68. The summed E-state index contributed by atoms with van der Waals surface area (Å²) in [6, 6.07) is 10.7. The van der Waals surface area contributed by atoms with Crippen molar-refractivity contribution in [3.63, 3.8) is 0 Å². The van der Waals surface area contributed by atoms with E-state index in [1.807, 2.05) is 42.5 Å². The lowest BCUT2D eigenvalue weighted by Gasteiger charge is -2.35. The molecule has 0 bridgehead atoms. The summed E-state index contributed by atoms with van der Waals surface area (Å²) in [4.78, 5) is 16.4. The predicted molar refractivity (Wildman–Crippen MR) is 94.9 cm³/mol. The van der Waals surface area contributed by atoms with Crippen molar-refractivity contribution < 1.29 is 4.79 Å². The molecule has 0 spiro atoms. The first kappa shape index (κ1) is 14.9. The van der Waals surface area contributed by atoms with Crippen molar-refractivity contribution in [2.45, 2.75) is 32.2 Å². The normalized spacial score (nSPS) is 21.0. The number of thiophene rings is 1. The zero-order chi connectivity index (χ0) is 15.8. The number of fused-ring (bicyclic) bond motifs is 1. The van der Waals surface area contributed by atoms with E-state index in [1.54, 1.807) is 0 Å². The molecule has 4 heteroatoms. The van der Waals surface area contributed by atoms with Gasteiger partial charge < -0.3 is 5.32 Å². The molecule has 4 rings (SSSR count). The van der Waals surface area contributed by atoms with Gasteiger partial charge in [-0.15, -0.1) is 11.3 Å². The van der Waals surface area contributed by atoms with Gasteiger partial charge in [-0.25, -0.2) is 0 Å². The number of benzene rings is 1. The highest BCUT2D eigenvalue weighted by molar-refractivity contribution is 7.10. The third-order valence-corrected chi connectivity index (χ3v) is 5.83. The lowest BCUT2D eigenvalue weighted by molar-refractivity contribution is -0.118. The Hall–Kier alpha value is -1.65. The van der Waals surface area contributed by atoms with E-state index in [2.05, 4.69) is 21.7 Å². The van der Waals surface area contributed by atoms with Gasteiger partial charge in [0.15, 0.2) is 0 Å². The highest BCUT2D eigenvalue weighted by Gasteiger charge is 2.40. The number of aryl methyl sites for hydroxylation is 1. The summed E-state index contributed by atoms with van der Waals surface area (Å²) in [6.45, 7) is 3.53. The molecule has 0 radical (unpaired) electrons. The van der Waals surface area contributed by atoms with Gasteiger partial charge in [-0.3, -0.25) is 9.69 Å². The largest absolute Gasteiger partial charge is 0.325 e. The Balaban J connectivity index is 1.46. The number of hydrogen-bond acceptors (Lipinski definition) is 3. The van der Waals surface area contributed by atoms with Gasteiger partial charge >= 0.3 is 0 Å². The molecule has 2 aromatic rings. The molecule has 0 saturated heterocycles. The number of nitrogens with one attached hydrogen (secondary N) is 1. The monoisotopic (exact) mass is 326 g/mol. The second kappa shape index (κ2) is 6.10. The van der Waals surface area contributed by atoms with Gasteiger partial charge in [0.25, 0.3) is 0 Å². The minimum Gasteiger partial charge on any atom is -0.325 e. The van der Waals surface area contributed by atoms with Crippen LogP contribution in [0.1, 0.15) is 34.9 Å². The molecule has 1 N–H and O–H groups in total. The van der Waals surface area contributed by atoms with E-state index in [0.29, 0.717) is 12.6 Å². The van der Waals surface area contributed by atoms with Crippen molar-refractivity contribution in [2.24, 2.45) is 5.92 Å². The van der Waals surface area contributed by atoms with E-state index < -0.39 is 0 Å². The fourth-order valence-electron chi connectivity index (χ4n) is 3.65. The molecule has 120 valence electrons. The van der Waals surface area contributed by atoms with Crippen LogP contribution in [0.4, 0.5) is 5.69 Å². The summed E-state index contributed by atoms with van der Waals surface area (Å²) in [7, 11) is 0. The van der Waals surface area contributed by atoms with Crippen LogP contribution in [0, 0.1) is 12.8 Å². The fourth-order valence-corrected chi connectivity index (χ4v) is 4.56. The minimum atomic E-state index is 0.0972. The average Bonchev–Trinajstić information content (AvgIpc) is 3.23. The molecule has 3 nitrogen and oxygen atoms in total. The zero-order valence-corrected chi connectivity index (χ0v) is 14.2. The van der Waals surface area contributed by atoms with Gasteiger partial charge in [-0.05, 0) is 66.8 Å². The quantitative estimate of drug-likeness (QED) is 0.921. The SMILES string of the molecule is Cc1cccc(NC(=O)CN2CCc3sccc3[C@@H]2C2CC2)c1. The molecule has 1 aromatic carbocycles. The Morgan fingerprint density at radius 1 is 1.35 bits per heavy atom. The van der Waals surface area contributed by atoms with Crippen LogP contribution in [0.3, 0.4) is 0 Å². The maximum Gasteiger partial charge on any atom is 0.238 e. The number of anilines is 1. The topological polar surface area (TPSA) is 32.3 Å². The summed E-state index contributed by atoms with van der Waals surface area (Å²) in [5.41, 5.74) is 3.54. The molecule has 0 unspecified atom stereocenters. The van der Waals surface area contributed by atoms with Gasteiger partial charge in [0.1, 0.15) is 0 Å². The Bertz CT molecular complexity index is 720. The molecule has 2 aliphatic rings. The fraction of sp³-hybridized carbons (Fsp3) is 0.421. The zero-order valence-electron chi connectivity index (χ0n) is 13.4. The maximum absolute atomic E-state index is 12.5. The first-order valence-corrected chi connectivity index (χ1v) is 9.25. The highest BCUT2D eigenvalue weighted by atomic mass is 32.1. The number of hydrogen-bond donors (Lipinski definition) is 1. The van der Waals surface area contributed by atoms with Gasteiger partial charge in [0.2, 0.25) is 5.91 Å². The summed E-state index contributed by atoms with van der Waals surface area (Å²) in [5.74, 6) is 0.843. The molecular formula is C19H22N2OS. The lowest BCUT2D eigenvalue weighted by atomic mass is 9.96. The van der Waals surface area contributed by atoms with Crippen LogP contribution in [0.2, 0.25) is 0 Å². The van der Waals surface area contributed by atoms with Gasteiger partial charge in [-0.1, -0.05) is 12.1 Å². The summed E-state index contributed by atoms with van der Waals surface area (Å²) >= 11 is 1.87. The van der Waals surface area contributed by atoms with Crippen LogP contribution in [0.15, 0.2) is 35.7 Å². The molecule has 1 aliphatic carbocycles. The Labute approximate surface area is 141 Å². The van der Waals surface area contributed by atoms with Gasteiger partial charge in [-0.2, -0.15) is 0 Å². The Morgan fingerprint density at radius 2 is 2.22 bits per heavy atom. The third-order valence-electron chi connectivity index (χ3n) is 4.84. The molecule has 1 amide bonds. The smallest absolute Gasteiger partial charge is 0.238 e. The van der Waals surface area contributed by atoms with Crippen molar-refractivity contribution in [1.29, 1.82) is 0 Å². The lowest BCUT2D eigenvalue weighted by Crippen LogP contribution is -2.41. The predicted octanol–water partition coefficient (Wildman–Crippen LogP) is 4.00. The summed E-state index contributed by atoms with van der Waals surface area (Å²) in [5, 5.41) is 5.25. The van der Waals surface area contributed by atoms with Crippen molar-refractivity contribution in [1.82, 2.24) is 4.90 Å². The van der Waals surface area contributed by atoms with Gasteiger partial charge in [0.05, 0.1) is 6.54 Å². The molecule has 1 atom stereocenters. The van der Waals surface area contributed by atoms with Crippen LogP contribution in [0.5, 0.6) is 0 Å². The van der Waals surface area contributed by atoms with E-state index in [4.69, 9.17) is 0 Å². The average molecular weight is 326 g/mol. The third kappa shape index (κ3) is 3.19. The first-order chi connectivity index (χ1) is 11.2. The molecule has 23 heavy (non-hydrogen) atoms. The molecule has 2 heterocycles. The van der Waals surface area contributed by atoms with Crippen molar-refractivity contribution >= 4 is 22.9 Å². The second-order valence-corrected chi connectivity index (χ2v) is 7.72. The van der Waals surface area contributed by atoms with E-state index in [9.17, 15) is 4.79 Å². The molecule has 1 aliphatic heterocycles. The van der Waals surface area contributed by atoms with Gasteiger partial charge in [0, 0.05) is 23.2 Å². The first-order valence-electron chi connectivity index (χ1n) is 8.37. The van der Waals surface area contributed by atoms with Crippen LogP contribution in [0.25, 0.3) is 0 Å². The Morgan fingerprint density at radius 3 is 3.00 bits per heavy atom. The molecule has 1 aromatic heterocycles.